The van der Waals surface area contributed by atoms with Gasteiger partial charge in [0, 0.05) is 27.0 Å². The monoisotopic (exact) mass is 522 g/mol. The minimum Gasteiger partial charge on any atom is -0.481 e. The molecule has 4 rings (SSSR count). The number of carboxylic acid groups (broad SMARTS) is 1. The maximum absolute atomic E-state index is 13.4. The Kier molecular flexibility index (Phi) is 6.77. The maximum Gasteiger partial charge on any atom is 0.312 e. The Labute approximate surface area is 204 Å². The van der Waals surface area contributed by atoms with E-state index in [9.17, 15) is 14.7 Å². The van der Waals surface area contributed by atoms with Gasteiger partial charge in [0.2, 0.25) is 0 Å². The van der Waals surface area contributed by atoms with Crippen LogP contribution in [0.4, 0.5) is 0 Å². The molecule has 0 radical (unpaired) electrons. The molecule has 0 aliphatic carbocycles. The van der Waals surface area contributed by atoms with Crippen LogP contribution >= 0.6 is 27.5 Å². The van der Waals surface area contributed by atoms with Gasteiger partial charge in [-0.3, -0.25) is 9.59 Å². The summed E-state index contributed by atoms with van der Waals surface area (Å²) in [6, 6.07) is 21.9. The number of carbonyl (C=O) groups excluding carboxylic acids is 1. The van der Waals surface area contributed by atoms with Crippen LogP contribution in [-0.2, 0) is 4.79 Å². The molecule has 0 bridgehead atoms. The van der Waals surface area contributed by atoms with E-state index in [1.807, 2.05) is 55.5 Å². The number of aromatic nitrogens is 1. The standard InChI is InChI=1S/C26H20BrClN2O3/c1-15-23(25(31)29-14-21(26(32)33)17-8-5-9-19(28)12-17)20-13-18(27)10-11-22(20)30-24(15)16-6-3-2-4-7-16/h2-13,21H,14H2,1H3,(H,29,31)(H,32,33)/t21-/m1/s1. The van der Waals surface area contributed by atoms with Crippen LogP contribution in [0.3, 0.4) is 0 Å². The van der Waals surface area contributed by atoms with Crippen molar-refractivity contribution in [3.05, 3.63) is 99.0 Å². The fourth-order valence-electron chi connectivity index (χ4n) is 3.85. The molecule has 0 saturated carbocycles. The molecule has 1 heterocycles. The number of rotatable bonds is 6. The number of halogens is 2. The van der Waals surface area contributed by atoms with E-state index in [0.29, 0.717) is 32.7 Å². The van der Waals surface area contributed by atoms with Crippen molar-refractivity contribution >= 4 is 50.3 Å². The zero-order valence-electron chi connectivity index (χ0n) is 17.7. The molecule has 5 nitrogen and oxygen atoms in total. The third-order valence-corrected chi connectivity index (χ3v) is 6.21. The molecule has 0 spiro atoms. The van der Waals surface area contributed by atoms with E-state index >= 15 is 0 Å². The van der Waals surface area contributed by atoms with Gasteiger partial charge in [-0.2, -0.15) is 0 Å². The Bertz CT molecular complexity index is 1360. The minimum atomic E-state index is -1.04. The molecule has 1 aromatic heterocycles. The van der Waals surface area contributed by atoms with Crippen molar-refractivity contribution in [3.8, 4) is 11.3 Å². The van der Waals surface area contributed by atoms with Crippen molar-refractivity contribution in [1.29, 1.82) is 0 Å². The summed E-state index contributed by atoms with van der Waals surface area (Å²) in [5.41, 5.74) is 4.00. The first-order valence-electron chi connectivity index (χ1n) is 10.3. The molecule has 33 heavy (non-hydrogen) atoms. The molecule has 0 aliphatic heterocycles. The number of pyridine rings is 1. The lowest BCUT2D eigenvalue weighted by Crippen LogP contribution is -2.32. The molecule has 3 aromatic carbocycles. The number of fused-ring (bicyclic) bond motifs is 1. The molecule has 0 saturated heterocycles. The van der Waals surface area contributed by atoms with Crippen LogP contribution in [0.1, 0.15) is 27.4 Å². The van der Waals surface area contributed by atoms with Gasteiger partial charge < -0.3 is 10.4 Å². The van der Waals surface area contributed by atoms with Crippen LogP contribution in [0.15, 0.2) is 77.3 Å². The molecule has 1 atom stereocenters. The minimum absolute atomic E-state index is 0.0769. The van der Waals surface area contributed by atoms with Crippen LogP contribution in [0.2, 0.25) is 5.02 Å². The van der Waals surface area contributed by atoms with Crippen molar-refractivity contribution in [2.75, 3.05) is 6.54 Å². The lowest BCUT2D eigenvalue weighted by atomic mass is 9.96. The Balaban J connectivity index is 1.74. The predicted octanol–water partition coefficient (Wildman–Crippen LogP) is 6.22. The number of carboxylic acids is 1. The second kappa shape index (κ2) is 9.73. The summed E-state index contributed by atoms with van der Waals surface area (Å²) in [6.45, 7) is 1.78. The summed E-state index contributed by atoms with van der Waals surface area (Å²) >= 11 is 9.51. The highest BCUT2D eigenvalue weighted by molar-refractivity contribution is 9.10. The summed E-state index contributed by atoms with van der Waals surface area (Å²) in [5.74, 6) is -2.33. The third kappa shape index (κ3) is 4.92. The highest BCUT2D eigenvalue weighted by Crippen LogP contribution is 2.31. The topological polar surface area (TPSA) is 79.3 Å². The van der Waals surface area contributed by atoms with Crippen LogP contribution in [0.5, 0.6) is 0 Å². The van der Waals surface area contributed by atoms with E-state index in [0.717, 1.165) is 15.6 Å². The van der Waals surface area contributed by atoms with Crippen LogP contribution < -0.4 is 5.32 Å². The average Bonchev–Trinajstić information content (AvgIpc) is 2.79. The maximum atomic E-state index is 13.4. The number of aliphatic carboxylic acids is 1. The number of benzene rings is 3. The number of hydrogen-bond acceptors (Lipinski definition) is 3. The van der Waals surface area contributed by atoms with Gasteiger partial charge in [0.05, 0.1) is 22.7 Å². The van der Waals surface area contributed by atoms with E-state index in [-0.39, 0.29) is 12.5 Å². The largest absolute Gasteiger partial charge is 0.481 e. The highest BCUT2D eigenvalue weighted by atomic mass is 79.9. The SMILES string of the molecule is Cc1c(-c2ccccc2)nc2ccc(Br)cc2c1C(=O)NC[C@@H](C(=O)O)c1cccc(Cl)c1. The van der Waals surface area contributed by atoms with Crippen LogP contribution in [0, 0.1) is 6.92 Å². The van der Waals surface area contributed by atoms with E-state index in [2.05, 4.69) is 21.2 Å². The van der Waals surface area contributed by atoms with Gasteiger partial charge >= 0.3 is 5.97 Å². The van der Waals surface area contributed by atoms with Crippen molar-refractivity contribution in [3.63, 3.8) is 0 Å². The lowest BCUT2D eigenvalue weighted by Gasteiger charge is -2.17. The fourth-order valence-corrected chi connectivity index (χ4v) is 4.41. The molecule has 0 aliphatic rings. The van der Waals surface area contributed by atoms with Crippen molar-refractivity contribution in [2.24, 2.45) is 0 Å². The molecule has 166 valence electrons. The predicted molar refractivity (Wildman–Crippen MR) is 134 cm³/mol. The number of nitrogens with one attached hydrogen (secondary N) is 1. The van der Waals surface area contributed by atoms with Gasteiger partial charge in [0.25, 0.3) is 5.91 Å². The molecule has 4 aromatic rings. The molecule has 0 fully saturated rings. The van der Waals surface area contributed by atoms with Crippen LogP contribution in [0.25, 0.3) is 22.2 Å². The summed E-state index contributed by atoms with van der Waals surface area (Å²) in [6.07, 6.45) is 0. The molecule has 0 unspecified atom stereocenters. The second-order valence-electron chi connectivity index (χ2n) is 7.64. The number of nitrogens with zero attached hydrogens (tertiary/aromatic N) is 1. The van der Waals surface area contributed by atoms with E-state index in [1.165, 1.54) is 0 Å². The third-order valence-electron chi connectivity index (χ3n) is 5.48. The number of amides is 1. The van der Waals surface area contributed by atoms with Crippen molar-refractivity contribution in [1.82, 2.24) is 10.3 Å². The first kappa shape index (κ1) is 23.0. The van der Waals surface area contributed by atoms with E-state index in [1.54, 1.807) is 24.3 Å². The zero-order valence-corrected chi connectivity index (χ0v) is 20.0. The Hall–Kier alpha value is -3.22. The van der Waals surface area contributed by atoms with Gasteiger partial charge in [-0.05, 0) is 48.4 Å². The summed E-state index contributed by atoms with van der Waals surface area (Å²) < 4.78 is 0.819. The van der Waals surface area contributed by atoms with Crippen molar-refractivity contribution in [2.45, 2.75) is 12.8 Å². The molecule has 7 heteroatoms. The second-order valence-corrected chi connectivity index (χ2v) is 9.00. The molecule has 1 amide bonds. The summed E-state index contributed by atoms with van der Waals surface area (Å²) in [7, 11) is 0. The summed E-state index contributed by atoms with van der Waals surface area (Å²) in [5, 5.41) is 13.7. The Morgan fingerprint density at radius 3 is 2.52 bits per heavy atom. The fraction of sp³-hybridized carbons (Fsp3) is 0.115. The normalized spacial score (nSPS) is 11.8. The summed E-state index contributed by atoms with van der Waals surface area (Å²) in [4.78, 5) is 30.1. The lowest BCUT2D eigenvalue weighted by molar-refractivity contribution is -0.138. The number of carbonyl (C=O) groups is 2. The van der Waals surface area contributed by atoms with Crippen LogP contribution in [-0.4, -0.2) is 28.5 Å². The van der Waals surface area contributed by atoms with Crippen molar-refractivity contribution < 1.29 is 14.7 Å². The Morgan fingerprint density at radius 2 is 1.82 bits per heavy atom. The molecular weight excluding hydrogens is 504 g/mol. The quantitative estimate of drug-likeness (QED) is 0.314. The average molecular weight is 524 g/mol. The number of hydrogen-bond donors (Lipinski definition) is 2. The van der Waals surface area contributed by atoms with E-state index < -0.39 is 11.9 Å². The smallest absolute Gasteiger partial charge is 0.312 e. The van der Waals surface area contributed by atoms with Gasteiger partial charge in [-0.25, -0.2) is 4.98 Å². The van der Waals surface area contributed by atoms with Gasteiger partial charge in [-0.1, -0.05) is 70.0 Å². The van der Waals surface area contributed by atoms with Gasteiger partial charge in [-0.15, -0.1) is 0 Å². The van der Waals surface area contributed by atoms with Gasteiger partial charge in [0.15, 0.2) is 0 Å². The van der Waals surface area contributed by atoms with Gasteiger partial charge in [0.1, 0.15) is 0 Å². The molecule has 2 N–H and O–H groups in total. The highest BCUT2D eigenvalue weighted by Gasteiger charge is 2.24. The first-order chi connectivity index (χ1) is 15.8. The Morgan fingerprint density at radius 1 is 1.06 bits per heavy atom. The molecular formula is C26H20BrClN2O3. The zero-order chi connectivity index (χ0) is 23.5. The first-order valence-corrected chi connectivity index (χ1v) is 11.4. The van der Waals surface area contributed by atoms with E-state index in [4.69, 9.17) is 16.6 Å².